The third-order valence-corrected chi connectivity index (χ3v) is 6.18. The predicted molar refractivity (Wildman–Crippen MR) is 127 cm³/mol. The van der Waals surface area contributed by atoms with Crippen LogP contribution in [0.2, 0.25) is 0 Å². The van der Waals surface area contributed by atoms with Gasteiger partial charge in [-0.15, -0.1) is 0 Å². The first-order chi connectivity index (χ1) is 16.3. The molecule has 0 fully saturated rings. The summed E-state index contributed by atoms with van der Waals surface area (Å²) in [6, 6.07) is 17.0. The van der Waals surface area contributed by atoms with E-state index in [2.05, 4.69) is 20.0 Å². The number of carboxylic acids is 1. The lowest BCUT2D eigenvalue weighted by Gasteiger charge is -2.15. The first-order valence-corrected chi connectivity index (χ1v) is 11.4. The molecular formula is C23H20N4O6S. The van der Waals surface area contributed by atoms with Gasteiger partial charge in [0.2, 0.25) is 0 Å². The summed E-state index contributed by atoms with van der Waals surface area (Å²) in [4.78, 5) is 19.9. The van der Waals surface area contributed by atoms with Crippen LogP contribution in [-0.2, 0) is 10.0 Å². The Balaban J connectivity index is 1.76. The molecular weight excluding hydrogens is 460 g/mol. The summed E-state index contributed by atoms with van der Waals surface area (Å²) < 4.78 is 39.1. The van der Waals surface area contributed by atoms with Gasteiger partial charge < -0.3 is 19.9 Å². The molecule has 0 aliphatic carbocycles. The average Bonchev–Trinajstić information content (AvgIpc) is 2.84. The Morgan fingerprint density at radius 3 is 1.94 bits per heavy atom. The maximum Gasteiger partial charge on any atom is 0.335 e. The standard InChI is InChI=1S/C23H20N4O6S/c1-32-16-11-15(12-17(13-16)33-2)24-21-22(26-20-6-4-3-5-19(20)25-21)27-34(30,31)18-9-7-14(8-10-18)23(28)29/h3-13H,1-2H3,(H,24,25)(H,26,27)(H,28,29). The Bertz CT molecular complexity index is 1450. The van der Waals surface area contributed by atoms with Gasteiger partial charge in [-0.3, -0.25) is 4.72 Å². The molecule has 0 radical (unpaired) electrons. The number of benzene rings is 3. The van der Waals surface area contributed by atoms with Crippen molar-refractivity contribution in [2.45, 2.75) is 4.90 Å². The van der Waals surface area contributed by atoms with Gasteiger partial charge >= 0.3 is 5.97 Å². The molecule has 3 aromatic carbocycles. The quantitative estimate of drug-likeness (QED) is 0.343. The molecule has 1 heterocycles. The molecule has 1 aromatic heterocycles. The maximum absolute atomic E-state index is 13.0. The monoisotopic (exact) mass is 480 g/mol. The smallest absolute Gasteiger partial charge is 0.335 e. The highest BCUT2D eigenvalue weighted by Crippen LogP contribution is 2.31. The topological polar surface area (TPSA) is 140 Å². The van der Waals surface area contributed by atoms with Gasteiger partial charge in [-0.2, -0.15) is 0 Å². The van der Waals surface area contributed by atoms with Crippen LogP contribution in [0.3, 0.4) is 0 Å². The number of nitrogens with one attached hydrogen (secondary N) is 2. The minimum atomic E-state index is -4.10. The maximum atomic E-state index is 13.0. The molecule has 0 amide bonds. The van der Waals surface area contributed by atoms with Crippen LogP contribution >= 0.6 is 0 Å². The van der Waals surface area contributed by atoms with Gasteiger partial charge in [0.05, 0.1) is 35.7 Å². The SMILES string of the molecule is COc1cc(Nc2nc3ccccc3nc2NS(=O)(=O)c2ccc(C(=O)O)cc2)cc(OC)c1. The Hall–Kier alpha value is -4.38. The summed E-state index contributed by atoms with van der Waals surface area (Å²) in [6.45, 7) is 0. The number of ether oxygens (including phenoxy) is 2. The van der Waals surface area contributed by atoms with Gasteiger partial charge in [-0.05, 0) is 36.4 Å². The zero-order valence-corrected chi connectivity index (χ0v) is 19.0. The molecule has 3 N–H and O–H groups in total. The van der Waals surface area contributed by atoms with Gasteiger partial charge in [0.25, 0.3) is 10.0 Å². The lowest BCUT2D eigenvalue weighted by molar-refractivity contribution is 0.0696. The van der Waals surface area contributed by atoms with Gasteiger partial charge in [0, 0.05) is 23.9 Å². The molecule has 0 spiro atoms. The van der Waals surface area contributed by atoms with Crippen molar-refractivity contribution < 1.29 is 27.8 Å². The molecule has 0 saturated heterocycles. The number of anilines is 3. The number of carboxylic acid groups (broad SMARTS) is 1. The van der Waals surface area contributed by atoms with E-state index in [1.54, 1.807) is 42.5 Å². The van der Waals surface area contributed by atoms with Crippen LogP contribution in [0.5, 0.6) is 11.5 Å². The highest BCUT2D eigenvalue weighted by Gasteiger charge is 2.20. The van der Waals surface area contributed by atoms with E-state index in [0.717, 1.165) is 0 Å². The Labute approximate surface area is 195 Å². The van der Waals surface area contributed by atoms with Gasteiger partial charge in [0.15, 0.2) is 11.6 Å². The van der Waals surface area contributed by atoms with Gasteiger partial charge in [-0.1, -0.05) is 12.1 Å². The minimum Gasteiger partial charge on any atom is -0.497 e. The largest absolute Gasteiger partial charge is 0.497 e. The van der Waals surface area contributed by atoms with E-state index in [0.29, 0.717) is 28.2 Å². The molecule has 0 bridgehead atoms. The number of hydrogen-bond donors (Lipinski definition) is 3. The Morgan fingerprint density at radius 1 is 0.853 bits per heavy atom. The molecule has 0 aliphatic heterocycles. The van der Waals surface area contributed by atoms with Crippen LogP contribution in [0, 0.1) is 0 Å². The lowest BCUT2D eigenvalue weighted by atomic mass is 10.2. The van der Waals surface area contributed by atoms with Crippen LogP contribution in [0.1, 0.15) is 10.4 Å². The van der Waals surface area contributed by atoms with Crippen molar-refractivity contribution >= 4 is 44.3 Å². The third kappa shape index (κ3) is 4.84. The van der Waals surface area contributed by atoms with Crippen LogP contribution in [-0.4, -0.2) is 43.7 Å². The van der Waals surface area contributed by atoms with E-state index >= 15 is 0 Å². The van der Waals surface area contributed by atoms with E-state index in [4.69, 9.17) is 14.6 Å². The molecule has 0 unspecified atom stereocenters. The molecule has 0 aliphatic rings. The second kappa shape index (κ2) is 9.24. The van der Waals surface area contributed by atoms with Crippen LogP contribution in [0.4, 0.5) is 17.3 Å². The molecule has 0 saturated carbocycles. The highest BCUT2D eigenvalue weighted by molar-refractivity contribution is 7.92. The normalized spacial score (nSPS) is 11.1. The van der Waals surface area contributed by atoms with Crippen molar-refractivity contribution in [3.8, 4) is 11.5 Å². The van der Waals surface area contributed by atoms with E-state index in [1.165, 1.54) is 38.5 Å². The van der Waals surface area contributed by atoms with Crippen LogP contribution in [0.15, 0.2) is 71.6 Å². The number of fused-ring (bicyclic) bond motifs is 1. The highest BCUT2D eigenvalue weighted by atomic mass is 32.2. The zero-order valence-electron chi connectivity index (χ0n) is 18.1. The van der Waals surface area contributed by atoms with Crippen LogP contribution < -0.4 is 19.5 Å². The number of rotatable bonds is 8. The summed E-state index contributed by atoms with van der Waals surface area (Å²) in [6.07, 6.45) is 0. The Morgan fingerprint density at radius 2 is 1.41 bits per heavy atom. The number of sulfonamides is 1. The third-order valence-electron chi connectivity index (χ3n) is 4.83. The minimum absolute atomic E-state index is 0.0289. The fraction of sp³-hybridized carbons (Fsp3) is 0.0870. The number of carbonyl (C=O) groups is 1. The van der Waals surface area contributed by atoms with E-state index in [1.807, 2.05) is 0 Å². The van der Waals surface area contributed by atoms with Crippen molar-refractivity contribution in [1.29, 1.82) is 0 Å². The molecule has 4 aromatic rings. The summed E-state index contributed by atoms with van der Waals surface area (Å²) >= 11 is 0. The van der Waals surface area contributed by atoms with Crippen molar-refractivity contribution in [3.63, 3.8) is 0 Å². The van der Waals surface area contributed by atoms with Crippen molar-refractivity contribution in [1.82, 2.24) is 9.97 Å². The zero-order chi connectivity index (χ0) is 24.3. The number of aromatic nitrogens is 2. The number of methoxy groups -OCH3 is 2. The first kappa shape index (κ1) is 22.8. The van der Waals surface area contributed by atoms with Crippen molar-refractivity contribution in [2.75, 3.05) is 24.3 Å². The van der Waals surface area contributed by atoms with Gasteiger partial charge in [0.1, 0.15) is 11.5 Å². The van der Waals surface area contributed by atoms with E-state index in [-0.39, 0.29) is 22.1 Å². The fourth-order valence-electron chi connectivity index (χ4n) is 3.14. The van der Waals surface area contributed by atoms with Crippen molar-refractivity contribution in [3.05, 3.63) is 72.3 Å². The molecule has 34 heavy (non-hydrogen) atoms. The fourth-order valence-corrected chi connectivity index (χ4v) is 4.15. The van der Waals surface area contributed by atoms with Crippen LogP contribution in [0.25, 0.3) is 11.0 Å². The summed E-state index contributed by atoms with van der Waals surface area (Å²) in [5, 5.41) is 12.1. The van der Waals surface area contributed by atoms with E-state index in [9.17, 15) is 13.2 Å². The van der Waals surface area contributed by atoms with Crippen molar-refractivity contribution in [2.24, 2.45) is 0 Å². The second-order valence-corrected chi connectivity index (χ2v) is 8.75. The lowest BCUT2D eigenvalue weighted by Crippen LogP contribution is -2.16. The molecule has 4 rings (SSSR count). The molecule has 11 heteroatoms. The molecule has 0 atom stereocenters. The average molecular weight is 481 g/mol. The molecule has 10 nitrogen and oxygen atoms in total. The molecule has 174 valence electrons. The van der Waals surface area contributed by atoms with E-state index < -0.39 is 16.0 Å². The predicted octanol–water partition coefficient (Wildman–Crippen LogP) is 3.89. The second-order valence-electron chi connectivity index (χ2n) is 7.07. The number of para-hydroxylation sites is 2. The number of nitrogens with zero attached hydrogens (tertiary/aromatic N) is 2. The Kier molecular flexibility index (Phi) is 6.19. The summed E-state index contributed by atoms with van der Waals surface area (Å²) in [7, 11) is -1.06. The number of hydrogen-bond acceptors (Lipinski definition) is 8. The van der Waals surface area contributed by atoms with Gasteiger partial charge in [-0.25, -0.2) is 23.2 Å². The summed E-state index contributed by atoms with van der Waals surface area (Å²) in [5.74, 6) is 0.00698. The first-order valence-electron chi connectivity index (χ1n) is 9.92. The summed E-state index contributed by atoms with van der Waals surface area (Å²) in [5.41, 5.74) is 1.54. The number of aromatic carboxylic acids is 1.